The lowest BCUT2D eigenvalue weighted by Gasteiger charge is -2.01. The largest absolute Gasteiger partial charge is 0.241 e. The second kappa shape index (κ2) is 3.50. The van der Waals surface area contributed by atoms with Crippen molar-refractivity contribution in [3.63, 3.8) is 0 Å². The summed E-state index contributed by atoms with van der Waals surface area (Å²) in [6.07, 6.45) is 0. The number of thiazole rings is 1. The highest BCUT2D eigenvalue weighted by molar-refractivity contribution is 7.13. The van der Waals surface area contributed by atoms with E-state index in [1.54, 1.807) is 17.4 Å². The van der Waals surface area contributed by atoms with Crippen LogP contribution >= 0.6 is 11.3 Å². The Morgan fingerprint density at radius 2 is 2.07 bits per heavy atom. The number of aryl methyl sites for hydroxylation is 2. The van der Waals surface area contributed by atoms with Crippen LogP contribution < -0.4 is 0 Å². The number of halogens is 1. The summed E-state index contributed by atoms with van der Waals surface area (Å²) in [7, 11) is 0. The zero-order valence-electron chi connectivity index (χ0n) is 8.04. The third-order valence-corrected chi connectivity index (χ3v) is 3.03. The molecule has 0 unspecified atom stereocenters. The van der Waals surface area contributed by atoms with Crippen molar-refractivity contribution >= 4 is 11.3 Å². The van der Waals surface area contributed by atoms with Crippen molar-refractivity contribution in [3.05, 3.63) is 40.7 Å². The van der Waals surface area contributed by atoms with Gasteiger partial charge in [0.1, 0.15) is 10.8 Å². The van der Waals surface area contributed by atoms with E-state index in [0.29, 0.717) is 0 Å². The molecule has 72 valence electrons. The minimum Gasteiger partial charge on any atom is -0.241 e. The van der Waals surface area contributed by atoms with Crippen molar-refractivity contribution in [2.75, 3.05) is 0 Å². The lowest BCUT2D eigenvalue weighted by molar-refractivity contribution is 0.627. The van der Waals surface area contributed by atoms with Crippen LogP contribution in [-0.2, 0) is 0 Å². The second-order valence-corrected chi connectivity index (χ2v) is 4.11. The highest BCUT2D eigenvalue weighted by Crippen LogP contribution is 2.26. The standard InChI is InChI=1S/C11H10FNS/c1-7-5-9(12)3-4-10(7)11-13-8(2)6-14-11/h3-6H,1-2H3. The van der Waals surface area contributed by atoms with Gasteiger partial charge in [0.15, 0.2) is 0 Å². The number of hydrogen-bond donors (Lipinski definition) is 0. The molecule has 0 aliphatic heterocycles. The van der Waals surface area contributed by atoms with Crippen LogP contribution in [0.15, 0.2) is 23.6 Å². The summed E-state index contributed by atoms with van der Waals surface area (Å²) >= 11 is 1.59. The lowest BCUT2D eigenvalue weighted by atomic mass is 10.1. The minimum atomic E-state index is -0.195. The predicted molar refractivity (Wildman–Crippen MR) is 57.0 cm³/mol. The molecule has 0 aliphatic carbocycles. The molecule has 1 heterocycles. The Balaban J connectivity index is 2.52. The van der Waals surface area contributed by atoms with Gasteiger partial charge in [-0.05, 0) is 37.6 Å². The molecule has 0 radical (unpaired) electrons. The third kappa shape index (κ3) is 1.68. The van der Waals surface area contributed by atoms with Gasteiger partial charge in [0.25, 0.3) is 0 Å². The van der Waals surface area contributed by atoms with Gasteiger partial charge in [-0.25, -0.2) is 9.37 Å². The summed E-state index contributed by atoms with van der Waals surface area (Å²) in [5, 5.41) is 2.96. The number of hydrogen-bond acceptors (Lipinski definition) is 2. The Kier molecular flexibility index (Phi) is 2.33. The van der Waals surface area contributed by atoms with Crippen molar-refractivity contribution in [3.8, 4) is 10.6 Å². The molecule has 0 N–H and O–H groups in total. The van der Waals surface area contributed by atoms with Crippen LogP contribution in [0.25, 0.3) is 10.6 Å². The van der Waals surface area contributed by atoms with Gasteiger partial charge in [0.2, 0.25) is 0 Å². The third-order valence-electron chi connectivity index (χ3n) is 2.04. The molecule has 14 heavy (non-hydrogen) atoms. The predicted octanol–water partition coefficient (Wildman–Crippen LogP) is 3.57. The number of benzene rings is 1. The van der Waals surface area contributed by atoms with Crippen LogP contribution in [0.3, 0.4) is 0 Å². The van der Waals surface area contributed by atoms with E-state index >= 15 is 0 Å². The average molecular weight is 207 g/mol. The van der Waals surface area contributed by atoms with Gasteiger partial charge in [-0.2, -0.15) is 0 Å². The highest BCUT2D eigenvalue weighted by Gasteiger charge is 2.06. The van der Waals surface area contributed by atoms with E-state index in [4.69, 9.17) is 0 Å². The van der Waals surface area contributed by atoms with E-state index in [1.807, 2.05) is 19.2 Å². The molecule has 0 fully saturated rings. The molecule has 0 spiro atoms. The molecule has 1 aromatic heterocycles. The van der Waals surface area contributed by atoms with Gasteiger partial charge in [0, 0.05) is 16.6 Å². The Hall–Kier alpha value is -1.22. The fourth-order valence-corrected chi connectivity index (χ4v) is 2.23. The van der Waals surface area contributed by atoms with Crippen LogP contribution in [0.5, 0.6) is 0 Å². The van der Waals surface area contributed by atoms with Crippen LogP contribution in [0.1, 0.15) is 11.3 Å². The summed E-state index contributed by atoms with van der Waals surface area (Å²) in [4.78, 5) is 4.37. The summed E-state index contributed by atoms with van der Waals surface area (Å²) in [6.45, 7) is 3.86. The topological polar surface area (TPSA) is 12.9 Å². The normalized spacial score (nSPS) is 10.5. The first kappa shape index (κ1) is 9.34. The fraction of sp³-hybridized carbons (Fsp3) is 0.182. The van der Waals surface area contributed by atoms with Crippen molar-refractivity contribution in [1.82, 2.24) is 4.98 Å². The molecule has 0 bridgehead atoms. The van der Waals surface area contributed by atoms with Gasteiger partial charge in [-0.1, -0.05) is 0 Å². The first-order chi connectivity index (χ1) is 6.66. The molecule has 0 amide bonds. The van der Waals surface area contributed by atoms with Crippen molar-refractivity contribution < 1.29 is 4.39 Å². The Morgan fingerprint density at radius 1 is 1.29 bits per heavy atom. The molecule has 0 saturated heterocycles. The first-order valence-electron chi connectivity index (χ1n) is 4.35. The Bertz CT molecular complexity index is 462. The lowest BCUT2D eigenvalue weighted by Crippen LogP contribution is -1.84. The molecular weight excluding hydrogens is 197 g/mol. The number of aromatic nitrogens is 1. The quantitative estimate of drug-likeness (QED) is 0.696. The van der Waals surface area contributed by atoms with Crippen LogP contribution in [-0.4, -0.2) is 4.98 Å². The Morgan fingerprint density at radius 3 is 2.64 bits per heavy atom. The number of rotatable bonds is 1. The van der Waals surface area contributed by atoms with Crippen molar-refractivity contribution in [2.45, 2.75) is 13.8 Å². The smallest absolute Gasteiger partial charge is 0.123 e. The van der Waals surface area contributed by atoms with E-state index in [1.165, 1.54) is 12.1 Å². The summed E-state index contributed by atoms with van der Waals surface area (Å²) in [5.41, 5.74) is 2.96. The minimum absolute atomic E-state index is 0.195. The molecule has 1 aromatic carbocycles. The maximum atomic E-state index is 12.9. The number of nitrogens with zero attached hydrogens (tertiary/aromatic N) is 1. The molecule has 2 aromatic rings. The fourth-order valence-electron chi connectivity index (χ4n) is 1.34. The molecule has 1 nitrogen and oxygen atoms in total. The molecule has 2 rings (SSSR count). The van der Waals surface area contributed by atoms with E-state index in [0.717, 1.165) is 21.8 Å². The molecule has 3 heteroatoms. The second-order valence-electron chi connectivity index (χ2n) is 3.25. The first-order valence-corrected chi connectivity index (χ1v) is 5.23. The van der Waals surface area contributed by atoms with Crippen molar-refractivity contribution in [2.24, 2.45) is 0 Å². The maximum absolute atomic E-state index is 12.9. The molecule has 0 atom stereocenters. The molecular formula is C11H10FNS. The van der Waals surface area contributed by atoms with Gasteiger partial charge in [0.05, 0.1) is 0 Å². The van der Waals surface area contributed by atoms with E-state index in [-0.39, 0.29) is 5.82 Å². The zero-order chi connectivity index (χ0) is 10.1. The average Bonchev–Trinajstić information content (AvgIpc) is 2.51. The van der Waals surface area contributed by atoms with Crippen LogP contribution in [0.2, 0.25) is 0 Å². The van der Waals surface area contributed by atoms with Gasteiger partial charge in [-0.3, -0.25) is 0 Å². The summed E-state index contributed by atoms with van der Waals surface area (Å²) in [5.74, 6) is -0.195. The Labute approximate surface area is 86.2 Å². The monoisotopic (exact) mass is 207 g/mol. The summed E-state index contributed by atoms with van der Waals surface area (Å²) < 4.78 is 12.9. The van der Waals surface area contributed by atoms with Crippen LogP contribution in [0, 0.1) is 19.7 Å². The molecule has 0 saturated carbocycles. The zero-order valence-corrected chi connectivity index (χ0v) is 8.86. The van der Waals surface area contributed by atoms with Crippen LogP contribution in [0.4, 0.5) is 4.39 Å². The van der Waals surface area contributed by atoms with E-state index < -0.39 is 0 Å². The molecule has 0 aliphatic rings. The van der Waals surface area contributed by atoms with Gasteiger partial charge in [-0.15, -0.1) is 11.3 Å². The maximum Gasteiger partial charge on any atom is 0.123 e. The SMILES string of the molecule is Cc1csc(-c2ccc(F)cc2C)n1. The summed E-state index contributed by atoms with van der Waals surface area (Å²) in [6, 6.07) is 4.79. The highest BCUT2D eigenvalue weighted by atomic mass is 32.1. The van der Waals surface area contributed by atoms with E-state index in [2.05, 4.69) is 4.98 Å². The van der Waals surface area contributed by atoms with E-state index in [9.17, 15) is 4.39 Å². The van der Waals surface area contributed by atoms with Crippen molar-refractivity contribution in [1.29, 1.82) is 0 Å². The van der Waals surface area contributed by atoms with Gasteiger partial charge >= 0.3 is 0 Å². The van der Waals surface area contributed by atoms with Gasteiger partial charge < -0.3 is 0 Å².